The summed E-state index contributed by atoms with van der Waals surface area (Å²) >= 11 is 6.09. The molecule has 3 heterocycles. The molecular formula is C18H27ClN5O9P. The SMILES string of the molecule is COC[C@](CO)(OC[C@@H]1O[C@H](n2ncc3c(NCC4CC4)nc(Cl)nc32)[C@@H](O)[C@H]1O)P(=O)(O)O. The Kier molecular flexibility index (Phi) is 7.46. The van der Waals surface area contributed by atoms with Crippen molar-refractivity contribution in [3.8, 4) is 0 Å². The van der Waals surface area contributed by atoms with Crippen molar-refractivity contribution >= 4 is 36.0 Å². The van der Waals surface area contributed by atoms with Crippen LogP contribution >= 0.6 is 19.2 Å². The van der Waals surface area contributed by atoms with Gasteiger partial charge in [-0.1, -0.05) is 0 Å². The average Bonchev–Trinajstić information content (AvgIpc) is 3.46. The second-order valence-electron chi connectivity index (χ2n) is 8.43. The Morgan fingerprint density at radius 1 is 1.32 bits per heavy atom. The number of hydrogen-bond acceptors (Lipinski definition) is 11. The second kappa shape index (κ2) is 9.90. The Hall–Kier alpha value is -1.45. The Balaban J connectivity index is 1.54. The van der Waals surface area contributed by atoms with Gasteiger partial charge in [0.15, 0.2) is 11.9 Å². The molecule has 1 saturated heterocycles. The quantitative estimate of drug-likeness (QED) is 0.162. The number of aromatic nitrogens is 4. The summed E-state index contributed by atoms with van der Waals surface area (Å²) in [6.07, 6.45) is -1.62. The van der Waals surface area contributed by atoms with E-state index in [1.165, 1.54) is 18.0 Å². The number of ether oxygens (including phenoxy) is 3. The molecule has 1 saturated carbocycles. The van der Waals surface area contributed by atoms with E-state index >= 15 is 0 Å². The second-order valence-corrected chi connectivity index (χ2v) is 10.7. The molecular weight excluding hydrogens is 497 g/mol. The third-order valence-electron chi connectivity index (χ3n) is 5.92. The Morgan fingerprint density at radius 2 is 2.06 bits per heavy atom. The Morgan fingerprint density at radius 3 is 2.68 bits per heavy atom. The fourth-order valence-electron chi connectivity index (χ4n) is 3.71. The van der Waals surface area contributed by atoms with Gasteiger partial charge in [0, 0.05) is 13.7 Å². The maximum absolute atomic E-state index is 11.9. The van der Waals surface area contributed by atoms with Crippen molar-refractivity contribution in [2.75, 3.05) is 38.8 Å². The third-order valence-corrected chi connectivity index (χ3v) is 7.55. The maximum Gasteiger partial charge on any atom is 0.361 e. The summed E-state index contributed by atoms with van der Waals surface area (Å²) in [4.78, 5) is 27.7. The zero-order chi connectivity index (χ0) is 24.7. The van der Waals surface area contributed by atoms with E-state index in [0.717, 1.165) is 19.4 Å². The lowest BCUT2D eigenvalue weighted by molar-refractivity contribution is -0.125. The molecule has 2 aliphatic rings. The van der Waals surface area contributed by atoms with Crippen LogP contribution in [0, 0.1) is 5.92 Å². The molecule has 34 heavy (non-hydrogen) atoms. The van der Waals surface area contributed by atoms with Crippen LogP contribution in [0.1, 0.15) is 19.1 Å². The lowest BCUT2D eigenvalue weighted by Gasteiger charge is -2.32. The fourth-order valence-corrected chi connectivity index (χ4v) is 4.60. The molecule has 2 aromatic heterocycles. The predicted molar refractivity (Wildman–Crippen MR) is 117 cm³/mol. The monoisotopic (exact) mass is 523 g/mol. The van der Waals surface area contributed by atoms with Crippen molar-refractivity contribution in [2.45, 2.75) is 42.7 Å². The molecule has 16 heteroatoms. The van der Waals surface area contributed by atoms with E-state index in [1.807, 2.05) is 0 Å². The minimum Gasteiger partial charge on any atom is -0.393 e. The van der Waals surface area contributed by atoms with Crippen LogP contribution in [-0.4, -0.2) is 102 Å². The van der Waals surface area contributed by atoms with Crippen molar-refractivity contribution in [1.29, 1.82) is 0 Å². The molecule has 14 nitrogen and oxygen atoms in total. The van der Waals surface area contributed by atoms with Gasteiger partial charge >= 0.3 is 7.60 Å². The highest BCUT2D eigenvalue weighted by Gasteiger charge is 2.51. The first-order chi connectivity index (χ1) is 16.1. The van der Waals surface area contributed by atoms with E-state index in [1.54, 1.807) is 0 Å². The molecule has 0 unspecified atom stereocenters. The number of rotatable bonds is 11. The average molecular weight is 524 g/mol. The number of halogens is 1. The normalized spacial score (nSPS) is 27.3. The first-order valence-electron chi connectivity index (χ1n) is 10.6. The lowest BCUT2D eigenvalue weighted by atomic mass is 10.1. The molecule has 0 amide bonds. The van der Waals surface area contributed by atoms with Crippen LogP contribution in [0.2, 0.25) is 5.28 Å². The van der Waals surface area contributed by atoms with Gasteiger partial charge in [-0.2, -0.15) is 15.1 Å². The van der Waals surface area contributed by atoms with Gasteiger partial charge in [-0.25, -0.2) is 4.68 Å². The van der Waals surface area contributed by atoms with Crippen molar-refractivity contribution in [3.63, 3.8) is 0 Å². The molecule has 2 fully saturated rings. The van der Waals surface area contributed by atoms with Crippen LogP contribution in [0.25, 0.3) is 11.0 Å². The topological polar surface area (TPSA) is 202 Å². The molecule has 0 aromatic carbocycles. The van der Waals surface area contributed by atoms with Crippen molar-refractivity contribution < 1.29 is 43.9 Å². The number of fused-ring (bicyclic) bond motifs is 1. The van der Waals surface area contributed by atoms with E-state index in [4.69, 9.17) is 25.8 Å². The summed E-state index contributed by atoms with van der Waals surface area (Å²) in [6, 6.07) is 0. The number of methoxy groups -OCH3 is 1. The molecule has 5 atom stereocenters. The summed E-state index contributed by atoms with van der Waals surface area (Å²) in [7, 11) is -3.80. The predicted octanol–water partition coefficient (Wildman–Crippen LogP) is -0.550. The number of aliphatic hydroxyl groups excluding tert-OH is 3. The number of nitrogens with zero attached hydrogens (tertiary/aromatic N) is 4. The van der Waals surface area contributed by atoms with Crippen LogP contribution in [-0.2, 0) is 18.8 Å². The van der Waals surface area contributed by atoms with Gasteiger partial charge < -0.3 is 44.6 Å². The summed E-state index contributed by atoms with van der Waals surface area (Å²) < 4.78 is 29.0. The maximum atomic E-state index is 11.9. The largest absolute Gasteiger partial charge is 0.393 e. The minimum atomic E-state index is -4.98. The highest BCUT2D eigenvalue weighted by molar-refractivity contribution is 7.53. The highest BCUT2D eigenvalue weighted by Crippen LogP contribution is 2.51. The molecule has 190 valence electrons. The van der Waals surface area contributed by atoms with Crippen LogP contribution < -0.4 is 5.32 Å². The molecule has 0 bridgehead atoms. The van der Waals surface area contributed by atoms with Gasteiger partial charge in [0.1, 0.15) is 24.1 Å². The van der Waals surface area contributed by atoms with E-state index in [-0.39, 0.29) is 10.9 Å². The van der Waals surface area contributed by atoms with Gasteiger partial charge in [-0.05, 0) is 30.4 Å². The molecule has 4 rings (SSSR count). The molecule has 0 spiro atoms. The Labute approximate surface area is 199 Å². The van der Waals surface area contributed by atoms with Crippen LogP contribution in [0.15, 0.2) is 6.20 Å². The van der Waals surface area contributed by atoms with E-state index < -0.39 is 57.3 Å². The first kappa shape index (κ1) is 25.6. The standard InChI is InChI=1S/C18H27ClN5O9P/c1-31-8-18(7-25,34(28,29)30)32-6-11-12(26)13(27)16(33-11)24-15-10(5-21-24)14(22-17(19)23-15)20-4-9-2-3-9/h5,9,11-13,16,25-27H,2-4,6-8H2,1H3,(H,20,22,23)(H2,28,29,30)/t11-,12-,13-,16-,18+/m0/s1. The van der Waals surface area contributed by atoms with Gasteiger partial charge in [0.25, 0.3) is 0 Å². The molecule has 1 aliphatic heterocycles. The zero-order valence-electron chi connectivity index (χ0n) is 18.2. The molecule has 2 aromatic rings. The molecule has 6 N–H and O–H groups in total. The van der Waals surface area contributed by atoms with Crippen molar-refractivity contribution in [2.24, 2.45) is 5.92 Å². The van der Waals surface area contributed by atoms with Gasteiger partial charge in [-0.15, -0.1) is 0 Å². The third kappa shape index (κ3) is 4.93. The van der Waals surface area contributed by atoms with E-state index in [9.17, 15) is 29.7 Å². The van der Waals surface area contributed by atoms with Crippen molar-refractivity contribution in [1.82, 2.24) is 19.7 Å². The molecule has 1 aliphatic carbocycles. The van der Waals surface area contributed by atoms with Crippen LogP contribution in [0.4, 0.5) is 5.82 Å². The van der Waals surface area contributed by atoms with E-state index in [2.05, 4.69) is 20.4 Å². The summed E-state index contributed by atoms with van der Waals surface area (Å²) in [5.41, 5.74) is 0.260. The van der Waals surface area contributed by atoms with Gasteiger partial charge in [-0.3, -0.25) is 4.57 Å². The van der Waals surface area contributed by atoms with Crippen LogP contribution in [0.3, 0.4) is 0 Å². The number of aliphatic hydroxyl groups is 3. The first-order valence-corrected chi connectivity index (χ1v) is 12.5. The summed E-state index contributed by atoms with van der Waals surface area (Å²) in [5, 5.41) is 36.3. The highest BCUT2D eigenvalue weighted by atomic mass is 35.5. The van der Waals surface area contributed by atoms with Gasteiger partial charge in [0.2, 0.25) is 10.6 Å². The number of nitrogens with one attached hydrogen (secondary N) is 1. The van der Waals surface area contributed by atoms with Gasteiger partial charge in [0.05, 0.1) is 31.4 Å². The van der Waals surface area contributed by atoms with Crippen LogP contribution in [0.5, 0.6) is 0 Å². The fraction of sp³-hybridized carbons (Fsp3) is 0.722. The molecule has 0 radical (unpaired) electrons. The summed E-state index contributed by atoms with van der Waals surface area (Å²) in [6.45, 7) is -1.50. The van der Waals surface area contributed by atoms with E-state index in [0.29, 0.717) is 17.1 Å². The Bertz CT molecular complexity index is 1070. The number of hydrogen-bond donors (Lipinski definition) is 6. The summed E-state index contributed by atoms with van der Waals surface area (Å²) in [5.74, 6) is 1.06. The lowest BCUT2D eigenvalue weighted by Crippen LogP contribution is -2.44. The minimum absolute atomic E-state index is 0.0468. The smallest absolute Gasteiger partial charge is 0.361 e. The zero-order valence-corrected chi connectivity index (χ0v) is 19.8. The van der Waals surface area contributed by atoms with Crippen molar-refractivity contribution in [3.05, 3.63) is 11.5 Å². The number of anilines is 1.